The molecule has 2 aliphatic rings. The van der Waals surface area contributed by atoms with Crippen molar-refractivity contribution < 1.29 is 0 Å². The molecule has 1 aliphatic heterocycles. The minimum Gasteiger partial charge on any atom is -0.311 e. The number of hydrogen-bond donors (Lipinski definition) is 0. The molecule has 1 aromatic heterocycles. The van der Waals surface area contributed by atoms with E-state index >= 15 is 0 Å². The lowest BCUT2D eigenvalue weighted by Crippen LogP contribution is -2.15. The van der Waals surface area contributed by atoms with Gasteiger partial charge in [-0.3, -0.25) is 0 Å². The van der Waals surface area contributed by atoms with Crippen molar-refractivity contribution in [2.75, 3.05) is 9.80 Å². The molecule has 1 aliphatic carbocycles. The van der Waals surface area contributed by atoms with Gasteiger partial charge >= 0.3 is 0 Å². The molecule has 0 unspecified atom stereocenters. The lowest BCUT2D eigenvalue weighted by molar-refractivity contribution is 0.658. The molecule has 11 aromatic carbocycles. The van der Waals surface area contributed by atoms with Crippen LogP contribution in [0.4, 0.5) is 34.1 Å². The van der Waals surface area contributed by atoms with Crippen LogP contribution in [0.1, 0.15) is 25.0 Å². The van der Waals surface area contributed by atoms with Crippen molar-refractivity contribution in [3.05, 3.63) is 272 Å². The molecule has 0 saturated heterocycles. The van der Waals surface area contributed by atoms with E-state index in [1.165, 1.54) is 80.3 Å². The molecule has 0 amide bonds. The van der Waals surface area contributed by atoms with Crippen molar-refractivity contribution in [3.8, 4) is 39.1 Å². The first-order valence-corrected chi connectivity index (χ1v) is 26.9. The van der Waals surface area contributed by atoms with Gasteiger partial charge in [0.2, 0.25) is 0 Å². The smallest absolute Gasteiger partial charge is 0.0544 e. The molecular weight excluding hydrogens is 935 g/mol. The number of para-hydroxylation sites is 3. The monoisotopic (exact) mass is 983 g/mol. The van der Waals surface area contributed by atoms with Gasteiger partial charge in [-0.05, 0) is 172 Å². The van der Waals surface area contributed by atoms with E-state index in [1.807, 2.05) is 23.5 Å². The average Bonchev–Trinajstić information content (AvgIpc) is 3.92. The van der Waals surface area contributed by atoms with Crippen LogP contribution in [0.5, 0.6) is 0 Å². The molecule has 0 spiro atoms. The first kappa shape index (κ1) is 44.2. The van der Waals surface area contributed by atoms with Crippen molar-refractivity contribution in [1.82, 2.24) is 4.57 Å². The summed E-state index contributed by atoms with van der Waals surface area (Å²) in [6.45, 7) is 4.81. The van der Waals surface area contributed by atoms with Gasteiger partial charge in [-0.1, -0.05) is 171 Å². The van der Waals surface area contributed by atoms with Crippen LogP contribution in [0.2, 0.25) is 0 Å². The summed E-state index contributed by atoms with van der Waals surface area (Å²) < 4.78 is 2.47. The zero-order valence-corrected chi connectivity index (χ0v) is 42.6. The molecule has 352 valence electrons. The van der Waals surface area contributed by atoms with Gasteiger partial charge in [0.1, 0.15) is 0 Å². The molecule has 74 heavy (non-hydrogen) atoms. The maximum absolute atomic E-state index is 2.49. The normalized spacial score (nSPS) is 13.0. The van der Waals surface area contributed by atoms with Crippen LogP contribution in [0.15, 0.2) is 280 Å². The van der Waals surface area contributed by atoms with Crippen LogP contribution in [-0.4, -0.2) is 4.57 Å². The van der Waals surface area contributed by atoms with Crippen LogP contribution in [0, 0.1) is 0 Å². The number of benzene rings is 11. The largest absolute Gasteiger partial charge is 0.311 e. The van der Waals surface area contributed by atoms with Crippen molar-refractivity contribution >= 4 is 79.5 Å². The highest BCUT2D eigenvalue weighted by atomic mass is 32.2. The number of anilines is 6. The van der Waals surface area contributed by atoms with E-state index in [0.717, 1.165) is 45.4 Å². The summed E-state index contributed by atoms with van der Waals surface area (Å²) in [5, 5.41) is 2.55. The topological polar surface area (TPSA) is 11.4 Å². The zero-order chi connectivity index (χ0) is 49.3. The molecule has 3 nitrogen and oxygen atoms in total. The van der Waals surface area contributed by atoms with Crippen LogP contribution in [0.3, 0.4) is 0 Å². The third-order valence-electron chi connectivity index (χ3n) is 15.0. The number of aromatic nitrogens is 1. The van der Waals surface area contributed by atoms with Gasteiger partial charge in [0.25, 0.3) is 0 Å². The fourth-order valence-electron chi connectivity index (χ4n) is 11.3. The Morgan fingerprint density at radius 2 is 0.703 bits per heavy atom. The van der Waals surface area contributed by atoms with E-state index in [9.17, 15) is 0 Å². The fraction of sp³-hybridized carbons (Fsp3) is 0.0435. The van der Waals surface area contributed by atoms with E-state index in [0.29, 0.717) is 0 Å². The predicted octanol–water partition coefficient (Wildman–Crippen LogP) is 20.0. The molecule has 0 radical (unpaired) electrons. The van der Waals surface area contributed by atoms with E-state index in [-0.39, 0.29) is 5.41 Å². The fourth-order valence-corrected chi connectivity index (χ4v) is 13.6. The van der Waals surface area contributed by atoms with E-state index in [1.54, 1.807) is 0 Å². The Morgan fingerprint density at radius 1 is 0.311 bits per heavy atom. The van der Waals surface area contributed by atoms with Gasteiger partial charge in [-0.25, -0.2) is 0 Å². The Kier molecular flexibility index (Phi) is 10.7. The van der Waals surface area contributed by atoms with Crippen molar-refractivity contribution in [3.63, 3.8) is 0 Å². The van der Waals surface area contributed by atoms with E-state index in [2.05, 4.69) is 289 Å². The van der Waals surface area contributed by atoms with Gasteiger partial charge in [0.05, 0.1) is 11.0 Å². The highest BCUT2D eigenvalue weighted by Gasteiger charge is 2.38. The number of hydrogen-bond acceptors (Lipinski definition) is 4. The van der Waals surface area contributed by atoms with Crippen molar-refractivity contribution in [2.45, 2.75) is 38.8 Å². The van der Waals surface area contributed by atoms with Crippen LogP contribution < -0.4 is 9.80 Å². The van der Waals surface area contributed by atoms with Crippen LogP contribution in [-0.2, 0) is 5.41 Å². The first-order valence-electron chi connectivity index (χ1n) is 25.3. The minimum atomic E-state index is -0.149. The summed E-state index contributed by atoms with van der Waals surface area (Å²) in [5.41, 5.74) is 20.2. The highest BCUT2D eigenvalue weighted by molar-refractivity contribution is 8.05. The summed E-state index contributed by atoms with van der Waals surface area (Å²) in [4.78, 5) is 10.0. The second-order valence-corrected chi connectivity index (χ2v) is 21.9. The van der Waals surface area contributed by atoms with Crippen molar-refractivity contribution in [2.24, 2.45) is 0 Å². The lowest BCUT2D eigenvalue weighted by atomic mass is 9.82. The zero-order valence-electron chi connectivity index (χ0n) is 41.0. The maximum atomic E-state index is 2.49. The molecule has 0 atom stereocenters. The van der Waals surface area contributed by atoms with Crippen molar-refractivity contribution in [1.29, 1.82) is 0 Å². The van der Waals surface area contributed by atoms with Crippen LogP contribution in [0.25, 0.3) is 60.9 Å². The van der Waals surface area contributed by atoms with Gasteiger partial charge in [0, 0.05) is 75.6 Å². The standard InChI is InChI=1S/C69H49N3S2/c1-69(2)61-44-64-60(42-58(61)59-43-67-68(45-62(59)69)74-66-25-15-14-24-65(66)73-67)57-22-12-13-23-63(57)72(64)56-36-30-49(31-37-56)48-28-34-53(35-29-48)71(52-32-26-47(27-33-52)46-16-6-3-7-17-46)55-40-38-54(39-41-55)70(50-18-8-4-9-19-50)51-20-10-5-11-21-51/h3-45H,1-2H3. The number of fused-ring (bicyclic) bond motifs is 8. The molecule has 0 N–H and O–H groups in total. The summed E-state index contributed by atoms with van der Waals surface area (Å²) in [6, 6.07) is 95.3. The Labute approximate surface area is 441 Å². The van der Waals surface area contributed by atoms with Gasteiger partial charge in [-0.15, -0.1) is 0 Å². The third kappa shape index (κ3) is 7.54. The number of nitrogens with zero attached hydrogens (tertiary/aromatic N) is 3. The second-order valence-electron chi connectivity index (χ2n) is 19.8. The molecule has 0 fully saturated rings. The third-order valence-corrected chi connectivity index (χ3v) is 17.6. The molecule has 0 saturated carbocycles. The predicted molar refractivity (Wildman–Crippen MR) is 313 cm³/mol. The quantitative estimate of drug-likeness (QED) is 0.143. The molecule has 5 heteroatoms. The molecule has 12 aromatic rings. The summed E-state index contributed by atoms with van der Waals surface area (Å²) >= 11 is 3.81. The van der Waals surface area contributed by atoms with Crippen LogP contribution >= 0.6 is 23.5 Å². The van der Waals surface area contributed by atoms with Gasteiger partial charge in [0.15, 0.2) is 0 Å². The first-order chi connectivity index (χ1) is 36.4. The molecular formula is C69H49N3S2. The molecule has 2 heterocycles. The average molecular weight is 984 g/mol. The number of rotatable bonds is 9. The summed E-state index contributed by atoms with van der Waals surface area (Å²) in [7, 11) is 0. The summed E-state index contributed by atoms with van der Waals surface area (Å²) in [6.07, 6.45) is 0. The lowest BCUT2D eigenvalue weighted by Gasteiger charge is -2.28. The second kappa shape index (κ2) is 17.9. The van der Waals surface area contributed by atoms with E-state index < -0.39 is 0 Å². The van der Waals surface area contributed by atoms with E-state index in [4.69, 9.17) is 0 Å². The SMILES string of the molecule is CC1(C)c2cc3c(cc2-c2cc4c5ccccc5n(-c5ccc(-c6ccc(N(c7ccc(-c8ccccc8)cc7)c7ccc(N(c8ccccc8)c8ccccc8)cc7)cc6)cc5)c4cc21)Sc1ccccc1S3. The minimum absolute atomic E-state index is 0.149. The van der Waals surface area contributed by atoms with Gasteiger partial charge < -0.3 is 14.4 Å². The Balaban J connectivity index is 0.802. The summed E-state index contributed by atoms with van der Waals surface area (Å²) in [5.74, 6) is 0. The highest BCUT2D eigenvalue weighted by Crippen LogP contribution is 2.57. The molecule has 14 rings (SSSR count). The maximum Gasteiger partial charge on any atom is 0.0544 e. The Hall–Kier alpha value is -8.48. The Bertz CT molecular complexity index is 4020. The molecule has 0 bridgehead atoms. The van der Waals surface area contributed by atoms with Gasteiger partial charge in [-0.2, -0.15) is 0 Å². The Morgan fingerprint density at radius 3 is 1.24 bits per heavy atom.